The molecule has 0 aromatic rings. The fraction of sp³-hybridized carbons (Fsp3) is 0.867. The van der Waals surface area contributed by atoms with E-state index in [1.807, 2.05) is 33.2 Å². The summed E-state index contributed by atoms with van der Waals surface area (Å²) >= 11 is 0. The highest BCUT2D eigenvalue weighted by atomic mass is 28.4. The van der Waals surface area contributed by atoms with E-state index in [0.29, 0.717) is 19.8 Å². The van der Waals surface area contributed by atoms with Crippen molar-refractivity contribution >= 4 is 21.2 Å². The first kappa shape index (κ1) is 20.4. The molecule has 0 amide bonds. The molecule has 0 saturated heterocycles. The summed E-state index contributed by atoms with van der Waals surface area (Å²) in [5.74, 6) is 0. The van der Waals surface area contributed by atoms with Crippen molar-refractivity contribution in [1.82, 2.24) is 0 Å². The lowest BCUT2D eigenvalue weighted by Gasteiger charge is -2.28. The molecule has 0 atom stereocenters. The van der Waals surface area contributed by atoms with Gasteiger partial charge in [-0.25, -0.2) is 0 Å². The van der Waals surface area contributed by atoms with Gasteiger partial charge in [0.25, 0.3) is 0 Å². The zero-order valence-corrected chi connectivity index (χ0v) is 15.1. The topological polar surface area (TPSA) is 52.4 Å². The largest absolute Gasteiger partial charge is 0.500 e. The van der Waals surface area contributed by atoms with Gasteiger partial charge in [0.1, 0.15) is 0 Å². The van der Waals surface area contributed by atoms with E-state index in [9.17, 15) is 0 Å². The second-order valence-corrected chi connectivity index (χ2v) is 7.28. The molecule has 0 heterocycles. The van der Waals surface area contributed by atoms with Gasteiger partial charge in [-0.3, -0.25) is 4.99 Å². The summed E-state index contributed by atoms with van der Waals surface area (Å²) < 4.78 is 17.4. The van der Waals surface area contributed by atoms with Crippen LogP contribution in [0.25, 0.3) is 0 Å². The van der Waals surface area contributed by atoms with Crippen molar-refractivity contribution in [2.75, 3.05) is 33.4 Å². The summed E-state index contributed by atoms with van der Waals surface area (Å²) in [4.78, 5) is 8.39. The molecule has 0 rings (SSSR count). The van der Waals surface area contributed by atoms with Gasteiger partial charge in [0.15, 0.2) is 0 Å². The van der Waals surface area contributed by atoms with Gasteiger partial charge >= 0.3 is 8.80 Å². The number of hydrogen-bond donors (Lipinski definition) is 0. The minimum Gasteiger partial charge on any atom is -0.374 e. The molecule has 6 heteroatoms. The molecule has 0 spiro atoms. The molecule has 0 saturated carbocycles. The monoisotopic (exact) mass is 316 g/mol. The van der Waals surface area contributed by atoms with Gasteiger partial charge in [-0.1, -0.05) is 0 Å². The van der Waals surface area contributed by atoms with Crippen LogP contribution in [0.2, 0.25) is 6.04 Å². The molecular weight excluding hydrogens is 284 g/mol. The molecule has 0 aromatic carbocycles. The van der Waals surface area contributed by atoms with Gasteiger partial charge in [0.05, 0.1) is 0 Å². The summed E-state index contributed by atoms with van der Waals surface area (Å²) in [6, 6.07) is 0.836. The zero-order chi connectivity index (χ0) is 15.8. The lowest BCUT2D eigenvalue weighted by atomic mass is 10.2. The molecule has 124 valence electrons. The van der Waals surface area contributed by atoms with Gasteiger partial charge < -0.3 is 18.3 Å². The van der Waals surface area contributed by atoms with Crippen molar-refractivity contribution in [3.8, 4) is 0 Å². The Balaban J connectivity index is 3.98. The first-order chi connectivity index (χ1) is 10.2. The maximum Gasteiger partial charge on any atom is 0.500 e. The zero-order valence-electron chi connectivity index (χ0n) is 14.1. The average molecular weight is 317 g/mol. The quantitative estimate of drug-likeness (QED) is 0.280. The highest BCUT2D eigenvalue weighted by Gasteiger charge is 2.39. The van der Waals surface area contributed by atoms with Crippen LogP contribution in [0, 0.1) is 0 Å². The maximum atomic E-state index is 5.81. The van der Waals surface area contributed by atoms with Crippen LogP contribution in [0.1, 0.15) is 46.5 Å². The Bertz CT molecular complexity index is 269. The smallest absolute Gasteiger partial charge is 0.374 e. The Morgan fingerprint density at radius 2 is 1.43 bits per heavy atom. The number of rotatable bonds is 14. The standard InChI is InChI=1S/C15H32N2O3Si/c1-5-18-21(19-6-2,20-7-3)15-11-14-17-13-10-8-9-12-16-4/h12-13H,5-11,14-15H2,1-4H3. The summed E-state index contributed by atoms with van der Waals surface area (Å²) in [6.07, 6.45) is 8.04. The number of nitrogens with zero attached hydrogens (tertiary/aromatic N) is 2. The second kappa shape index (κ2) is 14.4. The number of unbranched alkanes of at least 4 members (excludes halogenated alkanes) is 2. The highest BCUT2D eigenvalue weighted by Crippen LogP contribution is 2.18. The van der Waals surface area contributed by atoms with E-state index >= 15 is 0 Å². The Kier molecular flexibility index (Phi) is 14.0. The molecule has 0 fully saturated rings. The predicted octanol–water partition coefficient (Wildman–Crippen LogP) is 3.37. The van der Waals surface area contributed by atoms with E-state index in [1.54, 1.807) is 7.05 Å². The average Bonchev–Trinajstić information content (AvgIpc) is 2.46. The van der Waals surface area contributed by atoms with Crippen LogP contribution in [-0.2, 0) is 13.3 Å². The lowest BCUT2D eigenvalue weighted by Crippen LogP contribution is -2.46. The SMILES string of the molecule is CCO[Si](CCCN=CCCCC=NC)(OCC)OCC. The Morgan fingerprint density at radius 1 is 0.857 bits per heavy atom. The summed E-state index contributed by atoms with van der Waals surface area (Å²) in [5, 5.41) is 0. The molecule has 0 aromatic heterocycles. The Morgan fingerprint density at radius 3 is 1.95 bits per heavy atom. The van der Waals surface area contributed by atoms with Crippen LogP contribution in [-0.4, -0.2) is 54.6 Å². The second-order valence-electron chi connectivity index (χ2n) is 4.55. The van der Waals surface area contributed by atoms with E-state index in [4.69, 9.17) is 13.3 Å². The molecule has 0 unspecified atom stereocenters. The molecule has 0 aliphatic heterocycles. The molecule has 5 nitrogen and oxygen atoms in total. The molecule has 0 bridgehead atoms. The summed E-state index contributed by atoms with van der Waals surface area (Å²) in [7, 11) is -0.668. The Hall–Kier alpha value is -0.563. The molecule has 0 aliphatic rings. The number of hydrogen-bond acceptors (Lipinski definition) is 5. The fourth-order valence-corrected chi connectivity index (χ4v) is 4.59. The normalized spacial score (nSPS) is 12.8. The Labute approximate surface area is 131 Å². The third kappa shape index (κ3) is 10.8. The first-order valence-electron chi connectivity index (χ1n) is 8.05. The van der Waals surface area contributed by atoms with Gasteiger partial charge in [-0.2, -0.15) is 0 Å². The molecule has 0 radical (unpaired) electrons. The van der Waals surface area contributed by atoms with Crippen LogP contribution in [0.5, 0.6) is 0 Å². The lowest BCUT2D eigenvalue weighted by molar-refractivity contribution is 0.0710. The third-order valence-electron chi connectivity index (χ3n) is 2.84. The fourth-order valence-electron chi connectivity index (χ4n) is 2.00. The van der Waals surface area contributed by atoms with Crippen LogP contribution < -0.4 is 0 Å². The van der Waals surface area contributed by atoms with Gasteiger partial charge in [-0.05, 0) is 58.9 Å². The minimum absolute atomic E-state index is 0.633. The van der Waals surface area contributed by atoms with Crippen LogP contribution in [0.4, 0.5) is 0 Å². The molecule has 21 heavy (non-hydrogen) atoms. The van der Waals surface area contributed by atoms with Crippen molar-refractivity contribution in [1.29, 1.82) is 0 Å². The summed E-state index contributed by atoms with van der Waals surface area (Å²) in [6.45, 7) is 8.66. The van der Waals surface area contributed by atoms with E-state index in [-0.39, 0.29) is 0 Å². The van der Waals surface area contributed by atoms with E-state index in [0.717, 1.165) is 38.3 Å². The van der Waals surface area contributed by atoms with Crippen molar-refractivity contribution in [3.05, 3.63) is 0 Å². The van der Waals surface area contributed by atoms with Crippen molar-refractivity contribution < 1.29 is 13.3 Å². The van der Waals surface area contributed by atoms with Gasteiger partial charge in [-0.15, -0.1) is 0 Å². The molecule has 0 aliphatic carbocycles. The molecule has 0 N–H and O–H groups in total. The van der Waals surface area contributed by atoms with Crippen LogP contribution in [0.15, 0.2) is 9.98 Å². The van der Waals surface area contributed by atoms with Crippen molar-refractivity contribution in [2.24, 2.45) is 9.98 Å². The predicted molar refractivity (Wildman–Crippen MR) is 91.7 cm³/mol. The minimum atomic E-state index is -2.47. The first-order valence-corrected chi connectivity index (χ1v) is 9.98. The van der Waals surface area contributed by atoms with E-state index in [1.165, 1.54) is 0 Å². The molecular formula is C15H32N2O3Si. The van der Waals surface area contributed by atoms with Gasteiger partial charge in [0.2, 0.25) is 0 Å². The van der Waals surface area contributed by atoms with Crippen molar-refractivity contribution in [3.63, 3.8) is 0 Å². The van der Waals surface area contributed by atoms with Crippen LogP contribution >= 0.6 is 0 Å². The van der Waals surface area contributed by atoms with E-state index in [2.05, 4.69) is 9.98 Å². The summed E-state index contributed by atoms with van der Waals surface area (Å²) in [5.41, 5.74) is 0. The van der Waals surface area contributed by atoms with Gasteiger partial charge in [0, 0.05) is 39.5 Å². The highest BCUT2D eigenvalue weighted by molar-refractivity contribution is 6.60. The van der Waals surface area contributed by atoms with Crippen LogP contribution in [0.3, 0.4) is 0 Å². The third-order valence-corrected chi connectivity index (χ3v) is 5.99. The number of aliphatic imine (C=N–C) groups is 2. The van der Waals surface area contributed by atoms with Crippen molar-refractivity contribution in [2.45, 2.75) is 52.5 Å². The maximum absolute atomic E-state index is 5.81. The van der Waals surface area contributed by atoms with E-state index < -0.39 is 8.80 Å².